The molecule has 112 valence electrons. The van der Waals surface area contributed by atoms with Gasteiger partial charge >= 0.3 is 0 Å². The molecule has 0 amide bonds. The fourth-order valence-corrected chi connectivity index (χ4v) is 3.50. The summed E-state index contributed by atoms with van der Waals surface area (Å²) in [6.07, 6.45) is 6.65. The lowest BCUT2D eigenvalue weighted by Gasteiger charge is -2.20. The zero-order valence-electron chi connectivity index (χ0n) is 12.2. The number of thiazole rings is 1. The van der Waals surface area contributed by atoms with Gasteiger partial charge in [0, 0.05) is 35.8 Å². The van der Waals surface area contributed by atoms with Crippen LogP contribution in [-0.2, 0) is 6.54 Å². The maximum Gasteiger partial charge on any atom is 0.123 e. The van der Waals surface area contributed by atoms with E-state index in [1.54, 1.807) is 11.3 Å². The third-order valence-electron chi connectivity index (χ3n) is 3.85. The minimum atomic E-state index is 0.303. The van der Waals surface area contributed by atoms with Crippen molar-refractivity contribution in [1.29, 1.82) is 0 Å². The van der Waals surface area contributed by atoms with E-state index >= 15 is 0 Å². The van der Waals surface area contributed by atoms with Crippen LogP contribution >= 0.6 is 11.3 Å². The highest BCUT2D eigenvalue weighted by molar-refractivity contribution is 7.15. The van der Waals surface area contributed by atoms with Crippen LogP contribution in [0.5, 0.6) is 0 Å². The number of nitrogens with zero attached hydrogens (tertiary/aromatic N) is 2. The molecule has 0 atom stereocenters. The van der Waals surface area contributed by atoms with Gasteiger partial charge in [0.05, 0.1) is 0 Å². The summed E-state index contributed by atoms with van der Waals surface area (Å²) in [6.45, 7) is 2.39. The van der Waals surface area contributed by atoms with Gasteiger partial charge in [0.1, 0.15) is 5.01 Å². The molecule has 0 radical (unpaired) electrons. The molecular formula is C17H22N2OS. The summed E-state index contributed by atoms with van der Waals surface area (Å²) in [7, 11) is 0. The maximum atomic E-state index is 8.93. The van der Waals surface area contributed by atoms with Crippen LogP contribution in [-0.4, -0.2) is 34.2 Å². The zero-order valence-corrected chi connectivity index (χ0v) is 13.1. The predicted octanol–water partition coefficient (Wildman–Crippen LogP) is 3.55. The molecule has 3 rings (SSSR count). The first-order valence-electron chi connectivity index (χ1n) is 7.72. The molecule has 1 aliphatic rings. The molecule has 0 spiro atoms. The minimum absolute atomic E-state index is 0.303. The third kappa shape index (κ3) is 4.13. The molecule has 0 bridgehead atoms. The number of aromatic nitrogens is 1. The highest BCUT2D eigenvalue weighted by atomic mass is 32.1. The van der Waals surface area contributed by atoms with Crippen molar-refractivity contribution >= 4 is 11.3 Å². The fourth-order valence-electron chi connectivity index (χ4n) is 2.55. The standard InChI is InChI=1S/C17H22N2OS/c20-11-5-4-10-19(15-8-9-15)13-16-12-18-17(21-16)14-6-2-1-3-7-14/h1-3,6-7,12,15,20H,4-5,8-11,13H2. The molecule has 1 N–H and O–H groups in total. The van der Waals surface area contributed by atoms with Gasteiger partial charge in [-0.1, -0.05) is 30.3 Å². The average Bonchev–Trinajstić information content (AvgIpc) is 3.27. The predicted molar refractivity (Wildman–Crippen MR) is 87.3 cm³/mol. The van der Waals surface area contributed by atoms with E-state index in [2.05, 4.69) is 34.1 Å². The highest BCUT2D eigenvalue weighted by Gasteiger charge is 2.28. The Labute approximate surface area is 130 Å². The average molecular weight is 302 g/mol. The van der Waals surface area contributed by atoms with Crippen LogP contribution in [0.25, 0.3) is 10.6 Å². The molecule has 1 saturated carbocycles. The second kappa shape index (κ2) is 7.16. The first-order valence-corrected chi connectivity index (χ1v) is 8.53. The number of unbranched alkanes of at least 4 members (excludes halogenated alkanes) is 1. The fraction of sp³-hybridized carbons (Fsp3) is 0.471. The van der Waals surface area contributed by atoms with E-state index < -0.39 is 0 Å². The Bertz CT molecular complexity index is 551. The van der Waals surface area contributed by atoms with Crippen LogP contribution < -0.4 is 0 Å². The van der Waals surface area contributed by atoms with Crippen molar-refractivity contribution in [2.75, 3.05) is 13.2 Å². The number of aliphatic hydroxyl groups excluding tert-OH is 1. The minimum Gasteiger partial charge on any atom is -0.396 e. The van der Waals surface area contributed by atoms with E-state index in [0.29, 0.717) is 6.61 Å². The first-order chi connectivity index (χ1) is 10.4. The Morgan fingerprint density at radius 1 is 1.19 bits per heavy atom. The van der Waals surface area contributed by atoms with Gasteiger partial charge in [-0.05, 0) is 32.2 Å². The van der Waals surface area contributed by atoms with Gasteiger partial charge in [-0.25, -0.2) is 4.98 Å². The number of rotatable bonds is 8. The van der Waals surface area contributed by atoms with Crippen LogP contribution in [0.1, 0.15) is 30.6 Å². The number of hydrogen-bond donors (Lipinski definition) is 1. The Morgan fingerprint density at radius 2 is 2.00 bits per heavy atom. The summed E-state index contributed by atoms with van der Waals surface area (Å²) in [5.74, 6) is 0. The summed E-state index contributed by atoms with van der Waals surface area (Å²) in [6, 6.07) is 11.1. The van der Waals surface area contributed by atoms with E-state index in [1.165, 1.54) is 23.3 Å². The number of benzene rings is 1. The van der Waals surface area contributed by atoms with Crippen LogP contribution in [0.15, 0.2) is 36.5 Å². The van der Waals surface area contributed by atoms with Gasteiger partial charge in [-0.15, -0.1) is 11.3 Å². The van der Waals surface area contributed by atoms with Crippen molar-refractivity contribution < 1.29 is 5.11 Å². The van der Waals surface area contributed by atoms with Crippen LogP contribution in [0.3, 0.4) is 0 Å². The highest BCUT2D eigenvalue weighted by Crippen LogP contribution is 2.31. The molecule has 4 heteroatoms. The Morgan fingerprint density at radius 3 is 2.71 bits per heavy atom. The van der Waals surface area contributed by atoms with Crippen molar-refractivity contribution in [2.24, 2.45) is 0 Å². The second-order valence-corrected chi connectivity index (χ2v) is 6.75. The topological polar surface area (TPSA) is 36.4 Å². The molecule has 0 saturated heterocycles. The third-order valence-corrected chi connectivity index (χ3v) is 4.88. The molecule has 1 aliphatic carbocycles. The summed E-state index contributed by atoms with van der Waals surface area (Å²) in [5.41, 5.74) is 1.20. The summed E-state index contributed by atoms with van der Waals surface area (Å²) >= 11 is 1.80. The molecule has 1 heterocycles. The molecule has 21 heavy (non-hydrogen) atoms. The van der Waals surface area contributed by atoms with Gasteiger partial charge in [0.15, 0.2) is 0 Å². The van der Waals surface area contributed by atoms with E-state index in [4.69, 9.17) is 5.11 Å². The van der Waals surface area contributed by atoms with Crippen molar-refractivity contribution in [3.8, 4) is 10.6 Å². The summed E-state index contributed by atoms with van der Waals surface area (Å²) < 4.78 is 0. The lowest BCUT2D eigenvalue weighted by Crippen LogP contribution is -2.26. The molecule has 2 aromatic rings. The van der Waals surface area contributed by atoms with Gasteiger partial charge in [0.2, 0.25) is 0 Å². The van der Waals surface area contributed by atoms with Crippen molar-refractivity contribution in [2.45, 2.75) is 38.3 Å². The van der Waals surface area contributed by atoms with Crippen LogP contribution in [0, 0.1) is 0 Å². The van der Waals surface area contributed by atoms with Gasteiger partial charge < -0.3 is 5.11 Å². The molecule has 1 fully saturated rings. The van der Waals surface area contributed by atoms with Crippen LogP contribution in [0.4, 0.5) is 0 Å². The lowest BCUT2D eigenvalue weighted by molar-refractivity contribution is 0.230. The monoisotopic (exact) mass is 302 g/mol. The zero-order chi connectivity index (χ0) is 14.5. The van der Waals surface area contributed by atoms with E-state index in [9.17, 15) is 0 Å². The molecule has 0 unspecified atom stereocenters. The molecule has 0 aliphatic heterocycles. The summed E-state index contributed by atoms with van der Waals surface area (Å²) in [4.78, 5) is 8.46. The largest absolute Gasteiger partial charge is 0.396 e. The Kier molecular flexibility index (Phi) is 5.01. The summed E-state index contributed by atoms with van der Waals surface area (Å²) in [5, 5.41) is 10.0. The molecular weight excluding hydrogens is 280 g/mol. The lowest BCUT2D eigenvalue weighted by atomic mass is 10.2. The normalized spacial score (nSPS) is 14.8. The van der Waals surface area contributed by atoms with E-state index in [0.717, 1.165) is 37.0 Å². The van der Waals surface area contributed by atoms with Crippen LogP contribution in [0.2, 0.25) is 0 Å². The quantitative estimate of drug-likeness (QED) is 0.758. The smallest absolute Gasteiger partial charge is 0.123 e. The van der Waals surface area contributed by atoms with Gasteiger partial charge in [-0.3, -0.25) is 4.90 Å². The molecule has 1 aromatic heterocycles. The Hall–Kier alpha value is -1.23. The Balaban J connectivity index is 1.62. The number of hydrogen-bond acceptors (Lipinski definition) is 4. The first kappa shape index (κ1) is 14.7. The second-order valence-electron chi connectivity index (χ2n) is 5.63. The molecule has 1 aromatic carbocycles. The van der Waals surface area contributed by atoms with E-state index in [-0.39, 0.29) is 0 Å². The van der Waals surface area contributed by atoms with Gasteiger partial charge in [-0.2, -0.15) is 0 Å². The van der Waals surface area contributed by atoms with Crippen molar-refractivity contribution in [1.82, 2.24) is 9.88 Å². The maximum absolute atomic E-state index is 8.93. The van der Waals surface area contributed by atoms with E-state index in [1.807, 2.05) is 12.3 Å². The van der Waals surface area contributed by atoms with Crippen molar-refractivity contribution in [3.63, 3.8) is 0 Å². The van der Waals surface area contributed by atoms with Gasteiger partial charge in [0.25, 0.3) is 0 Å². The SMILES string of the molecule is OCCCCN(Cc1cnc(-c2ccccc2)s1)C1CC1. The number of aliphatic hydroxyl groups is 1. The van der Waals surface area contributed by atoms with Crippen molar-refractivity contribution in [3.05, 3.63) is 41.4 Å². The molecule has 3 nitrogen and oxygen atoms in total.